The van der Waals surface area contributed by atoms with Crippen LogP contribution >= 0.6 is 0 Å². The van der Waals surface area contributed by atoms with E-state index in [1.807, 2.05) is 0 Å². The summed E-state index contributed by atoms with van der Waals surface area (Å²) in [5.74, 6) is 15.2. The number of alkyl halides is 1. The normalized spacial score (nSPS) is 60.7. The minimum absolute atomic E-state index is 0.277. The van der Waals surface area contributed by atoms with Gasteiger partial charge in [0.15, 0.2) is 0 Å². The molecule has 31 rings (SSSR count). The van der Waals surface area contributed by atoms with Crippen LogP contribution in [0.25, 0.3) is 0 Å². The molecule has 1 aromatic carbocycles. The van der Waals surface area contributed by atoms with Gasteiger partial charge in [0.05, 0.1) is 69.2 Å². The number of hydrogen-bond acceptors (Lipinski definition) is 6. The number of halogens is 1. The standard InChI is InChI=1S/C18H22O.C14H22O.2C13H20O.C12H17FO.C12H18O/c1-2-4-15(5-3-1)16-17(19-16)18-9-12-6-13(10-18)8-14(7-12)11-18;1-2-13-4-10-3-11(5-13)7-14(6-10,9-13)12-8-15-12;1-12-3-9-2-10(4-12)6-13(5-9,8-12)11-7-14-11;1-8-12(14-8)13-5-9-2-10(6-13)4-11(3-9)7-13;13-12-4-8-1-9(5-12)3-11(2-8,7-12)10-6-14-10;1-8-2-10-3-9(1)5-12(4-8,6-10)11-7-13-11/h1-5,12-14,16-17H,6-11H2;10-12H,2-9H2,1H3;9-11H,2-8H2,1H3;8-12H,2-7H2,1H3;8-10H,1-7H2;8-11H,1-7H2. The molecule has 6 saturated heterocycles. The highest BCUT2D eigenvalue weighted by Crippen LogP contribution is 2.73. The Labute approximate surface area is 537 Å². The van der Waals surface area contributed by atoms with E-state index in [4.69, 9.17) is 28.4 Å². The number of rotatable bonds is 8. The zero-order valence-electron chi connectivity index (χ0n) is 56.0. The van der Waals surface area contributed by atoms with Crippen molar-refractivity contribution in [2.75, 3.05) is 26.4 Å². The van der Waals surface area contributed by atoms with Gasteiger partial charge in [0.1, 0.15) is 11.8 Å². The fourth-order valence-electron chi connectivity index (χ4n) is 32.6. The molecule has 24 bridgehead atoms. The third-order valence-electron chi connectivity index (χ3n) is 33.3. The van der Waals surface area contributed by atoms with Crippen molar-refractivity contribution in [1.82, 2.24) is 0 Å². The first-order valence-electron chi connectivity index (χ1n) is 39.5. The van der Waals surface area contributed by atoms with E-state index in [9.17, 15) is 4.39 Å². The van der Waals surface area contributed by atoms with Gasteiger partial charge in [-0.3, -0.25) is 0 Å². The van der Waals surface area contributed by atoms with E-state index >= 15 is 0 Å². The van der Waals surface area contributed by atoms with Crippen molar-refractivity contribution in [2.45, 2.75) is 313 Å². The van der Waals surface area contributed by atoms with E-state index in [1.54, 1.807) is 64.2 Å². The fraction of sp³-hybridized carbons (Fsp3) is 0.927. The summed E-state index contributed by atoms with van der Waals surface area (Å²) < 4.78 is 48.8. The van der Waals surface area contributed by atoms with Gasteiger partial charge < -0.3 is 28.4 Å². The maximum Gasteiger partial charge on any atom is 0.112 e. The molecule has 0 aromatic heterocycles. The van der Waals surface area contributed by atoms with Gasteiger partial charge in [-0.05, 0) is 365 Å². The van der Waals surface area contributed by atoms with Gasteiger partial charge >= 0.3 is 0 Å². The van der Waals surface area contributed by atoms with Gasteiger partial charge in [-0.15, -0.1) is 0 Å². The molecule has 0 radical (unpaired) electrons. The monoisotopic (exact) mass is 1220 g/mol. The molecule has 30 aliphatic rings. The summed E-state index contributed by atoms with van der Waals surface area (Å²) in [5.41, 5.74) is 5.56. The van der Waals surface area contributed by atoms with E-state index in [0.29, 0.717) is 93.2 Å². The second kappa shape index (κ2) is 20.5. The molecule has 490 valence electrons. The summed E-state index contributed by atoms with van der Waals surface area (Å²) in [6.45, 7) is 11.4. The van der Waals surface area contributed by atoms with Crippen LogP contribution in [0.3, 0.4) is 0 Å². The van der Waals surface area contributed by atoms with E-state index in [-0.39, 0.29) is 5.41 Å². The predicted octanol–water partition coefficient (Wildman–Crippen LogP) is 19.0. The number of benzene rings is 1. The molecule has 6 aliphatic heterocycles. The Hall–Kier alpha value is -1.09. The van der Waals surface area contributed by atoms with Gasteiger partial charge in [0.2, 0.25) is 0 Å². The van der Waals surface area contributed by atoms with E-state index < -0.39 is 5.67 Å². The van der Waals surface area contributed by atoms with Crippen molar-refractivity contribution in [3.05, 3.63) is 35.9 Å². The third-order valence-corrected chi connectivity index (χ3v) is 33.3. The summed E-state index contributed by atoms with van der Waals surface area (Å²) in [5, 5.41) is 0. The van der Waals surface area contributed by atoms with E-state index in [0.717, 1.165) is 128 Å². The Kier molecular flexibility index (Phi) is 13.4. The molecule has 0 amide bonds. The zero-order chi connectivity index (χ0) is 59.1. The first-order valence-corrected chi connectivity index (χ1v) is 39.5. The molecule has 6 nitrogen and oxygen atoms in total. The van der Waals surface area contributed by atoms with Crippen LogP contribution < -0.4 is 0 Å². The van der Waals surface area contributed by atoms with Gasteiger partial charge in [-0.2, -0.15) is 0 Å². The highest BCUT2D eigenvalue weighted by Gasteiger charge is 2.67. The summed E-state index contributed by atoms with van der Waals surface area (Å²) in [6, 6.07) is 10.9. The lowest BCUT2D eigenvalue weighted by Gasteiger charge is -2.62. The van der Waals surface area contributed by atoms with Gasteiger partial charge in [-0.25, -0.2) is 4.39 Å². The fourth-order valence-corrected chi connectivity index (χ4v) is 32.6. The van der Waals surface area contributed by atoms with Crippen molar-refractivity contribution >= 4 is 0 Å². The highest BCUT2D eigenvalue weighted by atomic mass is 19.1. The molecule has 1 aromatic rings. The molecule has 30 fully saturated rings. The maximum absolute atomic E-state index is 14.5. The van der Waals surface area contributed by atoms with E-state index in [1.165, 1.54) is 160 Å². The summed E-state index contributed by atoms with van der Waals surface area (Å²) in [4.78, 5) is 0. The zero-order valence-corrected chi connectivity index (χ0v) is 56.0. The maximum atomic E-state index is 14.5. The molecule has 24 aliphatic carbocycles. The third kappa shape index (κ3) is 10.4. The number of epoxide rings is 6. The lowest BCUT2D eigenvalue weighted by Crippen LogP contribution is -2.55. The highest BCUT2D eigenvalue weighted by molar-refractivity contribution is 5.26. The van der Waals surface area contributed by atoms with Gasteiger partial charge in [-0.1, -0.05) is 50.6 Å². The smallest absolute Gasteiger partial charge is 0.112 e. The SMILES string of the molecule is C1C2CC3CC1CC(C1CO1)(C2)C3.CC12CC3CC(C1)CC(C1CO1)(C3)C2.CC1OC1C12CC3CC(CC(C3)C1)C2.CCC12CC3CC(C1)CC(C1CO1)(C3)C2.FC12CC3CC(C1)CC(C1CO1)(C3)C2.c1ccc(C2OC2C23CC4CC(CC(C4)C2)C3)cc1. The molecule has 6 heterocycles. The van der Waals surface area contributed by atoms with Crippen LogP contribution in [0.5, 0.6) is 0 Å². The van der Waals surface area contributed by atoms with Crippen molar-refractivity contribution in [1.29, 1.82) is 0 Å². The Morgan fingerprint density at radius 3 is 1.03 bits per heavy atom. The molecule has 0 spiro atoms. The van der Waals surface area contributed by atoms with Gasteiger partial charge in [0.25, 0.3) is 0 Å². The molecule has 89 heavy (non-hydrogen) atoms. The van der Waals surface area contributed by atoms with Crippen molar-refractivity contribution in [3.63, 3.8) is 0 Å². The minimum atomic E-state index is -0.796. The van der Waals surface area contributed by atoms with Crippen LogP contribution in [0.15, 0.2) is 30.3 Å². The van der Waals surface area contributed by atoms with Crippen LogP contribution in [-0.4, -0.2) is 74.8 Å². The summed E-state index contributed by atoms with van der Waals surface area (Å²) in [7, 11) is 0. The topological polar surface area (TPSA) is 75.2 Å². The average molecular weight is 1220 g/mol. The molecule has 14 atom stereocenters. The van der Waals surface area contributed by atoms with Crippen LogP contribution in [0.4, 0.5) is 4.39 Å². The Balaban J connectivity index is 0.0000000752. The molecular weight excluding hydrogens is 1100 g/mol. The molecule has 7 heteroatoms. The van der Waals surface area contributed by atoms with Gasteiger partial charge in [0, 0.05) is 10.8 Å². The largest absolute Gasteiger partial charge is 0.373 e. The molecular formula is C82H119FO6. The average Bonchev–Trinajstić information content (AvgIpc) is 1.68. The Morgan fingerprint density at radius 1 is 0.360 bits per heavy atom. The molecule has 24 saturated carbocycles. The second-order valence-corrected chi connectivity index (χ2v) is 40.6. The van der Waals surface area contributed by atoms with Crippen molar-refractivity contribution < 1.29 is 32.8 Å². The Bertz CT molecular complexity index is 2610. The summed E-state index contributed by atoms with van der Waals surface area (Å²) >= 11 is 0. The van der Waals surface area contributed by atoms with Crippen LogP contribution in [0, 0.1) is 132 Å². The van der Waals surface area contributed by atoms with Crippen molar-refractivity contribution in [2.24, 2.45) is 132 Å². The first-order chi connectivity index (χ1) is 43.0. The quantitative estimate of drug-likeness (QED) is 0.242. The lowest BCUT2D eigenvalue weighted by molar-refractivity contribution is -0.132. The molecule has 0 N–H and O–H groups in total. The molecule has 14 unspecified atom stereocenters. The lowest BCUT2D eigenvalue weighted by atomic mass is 9.43. The van der Waals surface area contributed by atoms with Crippen molar-refractivity contribution in [3.8, 4) is 0 Å². The summed E-state index contributed by atoms with van der Waals surface area (Å²) in [6.07, 6.45) is 58.2. The van der Waals surface area contributed by atoms with E-state index in [2.05, 4.69) is 51.1 Å². The van der Waals surface area contributed by atoms with Crippen LogP contribution in [0.1, 0.15) is 270 Å². The Morgan fingerprint density at radius 2 is 0.674 bits per heavy atom. The number of hydrogen-bond donors (Lipinski definition) is 0. The van der Waals surface area contributed by atoms with Crippen LogP contribution in [-0.2, 0) is 28.4 Å². The van der Waals surface area contributed by atoms with Crippen LogP contribution in [0.2, 0.25) is 0 Å². The number of ether oxygens (including phenoxy) is 6. The predicted molar refractivity (Wildman–Crippen MR) is 345 cm³/mol. The second-order valence-electron chi connectivity index (χ2n) is 40.6. The minimum Gasteiger partial charge on any atom is -0.373 e. The first kappa shape index (κ1) is 58.1.